The molecule has 0 unspecified atom stereocenters. The van der Waals surface area contributed by atoms with E-state index in [9.17, 15) is 14.0 Å². The molecule has 3 rings (SSSR count). The van der Waals surface area contributed by atoms with Crippen LogP contribution >= 0.6 is 0 Å². The Bertz CT molecular complexity index is 711. The molecule has 24 heavy (non-hydrogen) atoms. The van der Waals surface area contributed by atoms with E-state index in [1.165, 1.54) is 17.0 Å². The van der Waals surface area contributed by atoms with Crippen molar-refractivity contribution in [3.8, 4) is 5.75 Å². The van der Waals surface area contributed by atoms with E-state index >= 15 is 0 Å². The van der Waals surface area contributed by atoms with Crippen molar-refractivity contribution in [1.82, 2.24) is 10.2 Å². The van der Waals surface area contributed by atoms with Crippen molar-refractivity contribution in [2.24, 2.45) is 5.92 Å². The molecule has 0 bridgehead atoms. The maximum atomic E-state index is 13.4. The average molecular weight is 332 g/mol. The molecule has 2 aromatic rings. The van der Waals surface area contributed by atoms with E-state index in [1.807, 2.05) is 0 Å². The van der Waals surface area contributed by atoms with Gasteiger partial charge in [-0.25, -0.2) is 4.39 Å². The predicted molar refractivity (Wildman–Crippen MR) is 82.5 cm³/mol. The second kappa shape index (κ2) is 7.16. The summed E-state index contributed by atoms with van der Waals surface area (Å²) in [6, 6.07) is 9.43. The van der Waals surface area contributed by atoms with Gasteiger partial charge in [0.05, 0.1) is 18.7 Å². The van der Waals surface area contributed by atoms with E-state index in [0.717, 1.165) is 0 Å². The monoisotopic (exact) mass is 332 g/mol. The SMILES string of the molecule is O=C(NCc1ccco1)C1CN(C(=O)COc2ccccc2F)C1. The van der Waals surface area contributed by atoms with Crippen LogP contribution in [0.2, 0.25) is 0 Å². The first kappa shape index (κ1) is 16.0. The van der Waals surface area contributed by atoms with Gasteiger partial charge in [-0.2, -0.15) is 0 Å². The van der Waals surface area contributed by atoms with Crippen LogP contribution in [0.15, 0.2) is 47.1 Å². The van der Waals surface area contributed by atoms with Crippen molar-refractivity contribution < 1.29 is 23.1 Å². The molecule has 6 nitrogen and oxygen atoms in total. The number of halogens is 1. The summed E-state index contributed by atoms with van der Waals surface area (Å²) >= 11 is 0. The summed E-state index contributed by atoms with van der Waals surface area (Å²) < 4.78 is 23.7. The smallest absolute Gasteiger partial charge is 0.260 e. The number of hydrogen-bond donors (Lipinski definition) is 1. The fraction of sp³-hybridized carbons (Fsp3) is 0.294. The van der Waals surface area contributed by atoms with Crippen LogP contribution in [-0.2, 0) is 16.1 Å². The number of likely N-dealkylation sites (tertiary alicyclic amines) is 1. The molecule has 1 aromatic heterocycles. The van der Waals surface area contributed by atoms with Gasteiger partial charge in [0.25, 0.3) is 5.91 Å². The molecule has 0 saturated carbocycles. The van der Waals surface area contributed by atoms with E-state index in [0.29, 0.717) is 25.4 Å². The van der Waals surface area contributed by atoms with E-state index in [-0.39, 0.29) is 30.1 Å². The van der Waals surface area contributed by atoms with Gasteiger partial charge in [-0.1, -0.05) is 12.1 Å². The van der Waals surface area contributed by atoms with E-state index in [2.05, 4.69) is 5.32 Å². The number of nitrogens with one attached hydrogen (secondary N) is 1. The minimum atomic E-state index is -0.510. The average Bonchev–Trinajstić information content (AvgIpc) is 3.04. The summed E-state index contributed by atoms with van der Waals surface area (Å²) in [6.45, 7) is 0.751. The number of hydrogen-bond acceptors (Lipinski definition) is 4. The highest BCUT2D eigenvalue weighted by Gasteiger charge is 2.35. The molecule has 0 atom stereocenters. The lowest BCUT2D eigenvalue weighted by atomic mass is 9.99. The van der Waals surface area contributed by atoms with Gasteiger partial charge in [0.1, 0.15) is 5.76 Å². The third-order valence-electron chi connectivity index (χ3n) is 3.81. The Morgan fingerprint density at radius 2 is 2.04 bits per heavy atom. The van der Waals surface area contributed by atoms with Crippen LogP contribution in [0.5, 0.6) is 5.75 Å². The number of nitrogens with zero attached hydrogens (tertiary/aromatic N) is 1. The Hall–Kier alpha value is -2.83. The van der Waals surface area contributed by atoms with Gasteiger partial charge in [-0.15, -0.1) is 0 Å². The molecule has 1 aliphatic rings. The van der Waals surface area contributed by atoms with Gasteiger partial charge in [0.15, 0.2) is 18.2 Å². The number of amides is 2. The molecular weight excluding hydrogens is 315 g/mol. The van der Waals surface area contributed by atoms with E-state index in [1.54, 1.807) is 30.5 Å². The lowest BCUT2D eigenvalue weighted by Crippen LogP contribution is -2.56. The Balaban J connectivity index is 1.38. The molecule has 0 spiro atoms. The highest BCUT2D eigenvalue weighted by atomic mass is 19.1. The first-order valence-corrected chi connectivity index (χ1v) is 7.58. The maximum absolute atomic E-state index is 13.4. The molecule has 0 radical (unpaired) electrons. The largest absolute Gasteiger partial charge is 0.481 e. The van der Waals surface area contributed by atoms with Gasteiger partial charge >= 0.3 is 0 Å². The van der Waals surface area contributed by atoms with Gasteiger partial charge in [0, 0.05) is 13.1 Å². The Labute approximate surface area is 138 Å². The highest BCUT2D eigenvalue weighted by molar-refractivity contribution is 5.85. The third kappa shape index (κ3) is 3.73. The quantitative estimate of drug-likeness (QED) is 0.872. The van der Waals surface area contributed by atoms with Crippen LogP contribution in [-0.4, -0.2) is 36.4 Å². The molecular formula is C17H17FN2O4. The summed E-state index contributed by atoms with van der Waals surface area (Å²) in [4.78, 5) is 25.4. The summed E-state index contributed by atoms with van der Waals surface area (Å²) in [7, 11) is 0. The predicted octanol–water partition coefficient (Wildman–Crippen LogP) is 1.57. The van der Waals surface area contributed by atoms with Gasteiger partial charge in [-0.3, -0.25) is 9.59 Å². The zero-order valence-corrected chi connectivity index (χ0v) is 12.9. The maximum Gasteiger partial charge on any atom is 0.260 e. The van der Waals surface area contributed by atoms with Crippen molar-refractivity contribution >= 4 is 11.8 Å². The standard InChI is InChI=1S/C17H17FN2O4/c18-14-5-1-2-6-15(14)24-11-16(21)20-9-12(10-20)17(22)19-8-13-4-3-7-23-13/h1-7,12H,8-11H2,(H,19,22). The molecule has 7 heteroatoms. The summed E-state index contributed by atoms with van der Waals surface area (Å²) in [5, 5.41) is 2.76. The number of benzene rings is 1. The van der Waals surface area contributed by atoms with Crippen molar-refractivity contribution in [2.45, 2.75) is 6.54 Å². The lowest BCUT2D eigenvalue weighted by molar-refractivity contribution is -0.144. The molecule has 126 valence electrons. The Morgan fingerprint density at radius 3 is 2.75 bits per heavy atom. The summed E-state index contributed by atoms with van der Waals surface area (Å²) in [5.41, 5.74) is 0. The second-order valence-corrected chi connectivity index (χ2v) is 5.51. The molecule has 1 saturated heterocycles. The first-order valence-electron chi connectivity index (χ1n) is 7.58. The Morgan fingerprint density at radius 1 is 1.25 bits per heavy atom. The van der Waals surface area contributed by atoms with Crippen LogP contribution in [0.3, 0.4) is 0 Å². The van der Waals surface area contributed by atoms with Gasteiger partial charge in [0.2, 0.25) is 5.91 Å². The molecule has 1 N–H and O–H groups in total. The second-order valence-electron chi connectivity index (χ2n) is 5.51. The molecule has 0 aliphatic carbocycles. The van der Waals surface area contributed by atoms with Crippen molar-refractivity contribution in [3.05, 3.63) is 54.2 Å². The first-order chi connectivity index (χ1) is 11.6. The summed E-state index contributed by atoms with van der Waals surface area (Å²) in [5.74, 6) is -0.423. The fourth-order valence-corrected chi connectivity index (χ4v) is 2.37. The molecule has 1 aliphatic heterocycles. The van der Waals surface area contributed by atoms with Crippen LogP contribution in [0.4, 0.5) is 4.39 Å². The normalized spacial score (nSPS) is 14.1. The van der Waals surface area contributed by atoms with E-state index < -0.39 is 5.82 Å². The molecule has 1 aromatic carbocycles. The van der Waals surface area contributed by atoms with Crippen LogP contribution in [0.25, 0.3) is 0 Å². The lowest BCUT2D eigenvalue weighted by Gasteiger charge is -2.38. The number of carbonyl (C=O) groups is 2. The van der Waals surface area contributed by atoms with Crippen molar-refractivity contribution in [2.75, 3.05) is 19.7 Å². The van der Waals surface area contributed by atoms with Crippen molar-refractivity contribution in [3.63, 3.8) is 0 Å². The van der Waals surface area contributed by atoms with E-state index in [4.69, 9.17) is 9.15 Å². The third-order valence-corrected chi connectivity index (χ3v) is 3.81. The molecule has 2 heterocycles. The van der Waals surface area contributed by atoms with Crippen LogP contribution < -0.4 is 10.1 Å². The number of ether oxygens (including phenoxy) is 1. The van der Waals surface area contributed by atoms with Crippen LogP contribution in [0.1, 0.15) is 5.76 Å². The zero-order valence-electron chi connectivity index (χ0n) is 12.9. The minimum absolute atomic E-state index is 0.0408. The molecule has 1 fully saturated rings. The Kier molecular flexibility index (Phi) is 4.79. The van der Waals surface area contributed by atoms with Crippen LogP contribution in [0, 0.1) is 11.7 Å². The minimum Gasteiger partial charge on any atom is -0.481 e. The van der Waals surface area contributed by atoms with Gasteiger partial charge in [-0.05, 0) is 24.3 Å². The zero-order chi connectivity index (χ0) is 16.9. The number of carbonyl (C=O) groups excluding carboxylic acids is 2. The topological polar surface area (TPSA) is 71.8 Å². The number of rotatable bonds is 6. The summed E-state index contributed by atoms with van der Waals surface area (Å²) in [6.07, 6.45) is 1.54. The number of para-hydroxylation sites is 1. The van der Waals surface area contributed by atoms with Crippen molar-refractivity contribution in [1.29, 1.82) is 0 Å². The number of furan rings is 1. The fourth-order valence-electron chi connectivity index (χ4n) is 2.37. The molecule has 2 amide bonds. The highest BCUT2D eigenvalue weighted by Crippen LogP contribution is 2.18. The van der Waals surface area contributed by atoms with Gasteiger partial charge < -0.3 is 19.4 Å².